The second-order valence-electron chi connectivity index (χ2n) is 5.75. The Morgan fingerprint density at radius 2 is 2.19 bits per heavy atom. The molecule has 1 aromatic carbocycles. The minimum Gasteiger partial charge on any atom is -0.381 e. The summed E-state index contributed by atoms with van der Waals surface area (Å²) in [6.45, 7) is 4.90. The Balaban J connectivity index is 1.68. The number of aryl methyl sites for hydroxylation is 1. The van der Waals surface area contributed by atoms with Crippen molar-refractivity contribution in [2.45, 2.75) is 32.2 Å². The minimum absolute atomic E-state index is 0.399. The molecule has 2 rings (SSSR count). The number of rotatable bonds is 6. The van der Waals surface area contributed by atoms with Gasteiger partial charge in [0.2, 0.25) is 0 Å². The molecule has 0 aliphatic carbocycles. The molecular weight excluding hydrogens is 262 g/mol. The molecule has 2 N–H and O–H groups in total. The predicted molar refractivity (Wildman–Crippen MR) is 87.6 cm³/mol. The Morgan fingerprint density at radius 1 is 1.38 bits per heavy atom. The normalized spacial score (nSPS) is 20.3. The quantitative estimate of drug-likeness (QED) is 0.623. The average molecular weight is 289 g/mol. The predicted octanol–water partition coefficient (Wildman–Crippen LogP) is 2.21. The number of aliphatic imine (C=N–C) groups is 1. The van der Waals surface area contributed by atoms with Crippen molar-refractivity contribution >= 4 is 5.96 Å². The van der Waals surface area contributed by atoms with Crippen molar-refractivity contribution in [3.63, 3.8) is 0 Å². The highest BCUT2D eigenvalue weighted by molar-refractivity contribution is 5.79. The molecular formula is C17H27N3O. The van der Waals surface area contributed by atoms with E-state index in [2.05, 4.69) is 52.9 Å². The van der Waals surface area contributed by atoms with Gasteiger partial charge in [0.15, 0.2) is 5.96 Å². The van der Waals surface area contributed by atoms with Crippen LogP contribution in [0.15, 0.2) is 35.3 Å². The first kappa shape index (κ1) is 15.8. The molecule has 2 unspecified atom stereocenters. The van der Waals surface area contributed by atoms with Gasteiger partial charge in [0, 0.05) is 32.2 Å². The first-order valence-corrected chi connectivity index (χ1v) is 7.86. The molecule has 0 saturated carbocycles. The summed E-state index contributed by atoms with van der Waals surface area (Å²) in [5, 5.41) is 6.86. The number of hydrogen-bond donors (Lipinski definition) is 2. The molecule has 0 aromatic heterocycles. The third-order valence-corrected chi connectivity index (χ3v) is 3.90. The van der Waals surface area contributed by atoms with Gasteiger partial charge in [0.25, 0.3) is 0 Å². The van der Waals surface area contributed by atoms with Gasteiger partial charge in [-0.15, -0.1) is 0 Å². The zero-order chi connectivity index (χ0) is 14.9. The van der Waals surface area contributed by atoms with Gasteiger partial charge in [-0.05, 0) is 31.7 Å². The van der Waals surface area contributed by atoms with Crippen molar-refractivity contribution < 1.29 is 4.74 Å². The molecule has 0 amide bonds. The van der Waals surface area contributed by atoms with E-state index in [1.54, 1.807) is 0 Å². The fraction of sp³-hybridized carbons (Fsp3) is 0.588. The molecule has 0 radical (unpaired) electrons. The van der Waals surface area contributed by atoms with Crippen molar-refractivity contribution in [2.75, 3.05) is 26.8 Å². The van der Waals surface area contributed by atoms with Crippen LogP contribution in [0.1, 0.15) is 25.3 Å². The van der Waals surface area contributed by atoms with Crippen molar-refractivity contribution in [1.29, 1.82) is 0 Å². The Kier molecular flexibility index (Phi) is 6.54. The minimum atomic E-state index is 0.399. The molecule has 0 bridgehead atoms. The molecule has 1 saturated heterocycles. The lowest BCUT2D eigenvalue weighted by atomic mass is 10.1. The van der Waals surface area contributed by atoms with Crippen LogP contribution in [-0.2, 0) is 11.2 Å². The molecule has 1 aliphatic rings. The average Bonchev–Trinajstić information content (AvgIpc) is 3.04. The van der Waals surface area contributed by atoms with E-state index in [1.807, 2.05) is 7.05 Å². The van der Waals surface area contributed by atoms with Crippen LogP contribution in [0.2, 0.25) is 0 Å². The third kappa shape index (κ3) is 5.76. The second-order valence-corrected chi connectivity index (χ2v) is 5.75. The Bertz CT molecular complexity index is 427. The standard InChI is InChI=1S/C17H27N3O/c1-14(8-9-15-6-4-3-5-7-15)20-17(18-2)19-12-16-10-11-21-13-16/h3-7,14,16H,8-13H2,1-2H3,(H2,18,19,20). The van der Waals surface area contributed by atoms with E-state index in [9.17, 15) is 0 Å². The van der Waals surface area contributed by atoms with Gasteiger partial charge in [-0.1, -0.05) is 30.3 Å². The molecule has 1 aliphatic heterocycles. The van der Waals surface area contributed by atoms with Crippen molar-refractivity contribution in [1.82, 2.24) is 10.6 Å². The van der Waals surface area contributed by atoms with Gasteiger partial charge in [-0.2, -0.15) is 0 Å². The summed E-state index contributed by atoms with van der Waals surface area (Å²) in [6.07, 6.45) is 3.33. The summed E-state index contributed by atoms with van der Waals surface area (Å²) < 4.78 is 5.39. The summed E-state index contributed by atoms with van der Waals surface area (Å²) >= 11 is 0. The van der Waals surface area contributed by atoms with Crippen LogP contribution in [0.25, 0.3) is 0 Å². The third-order valence-electron chi connectivity index (χ3n) is 3.90. The maximum atomic E-state index is 5.39. The number of guanidine groups is 1. The summed E-state index contributed by atoms with van der Waals surface area (Å²) in [6, 6.07) is 11.0. The number of nitrogens with zero attached hydrogens (tertiary/aromatic N) is 1. The highest BCUT2D eigenvalue weighted by Gasteiger charge is 2.16. The Morgan fingerprint density at radius 3 is 2.86 bits per heavy atom. The number of hydrogen-bond acceptors (Lipinski definition) is 2. The largest absolute Gasteiger partial charge is 0.381 e. The summed E-state index contributed by atoms with van der Waals surface area (Å²) in [7, 11) is 1.82. The SMILES string of the molecule is CN=C(NCC1CCOC1)NC(C)CCc1ccccc1. The number of ether oxygens (including phenoxy) is 1. The fourth-order valence-electron chi connectivity index (χ4n) is 2.51. The number of nitrogens with one attached hydrogen (secondary N) is 2. The van der Waals surface area contributed by atoms with Crippen LogP contribution >= 0.6 is 0 Å². The molecule has 1 aromatic rings. The van der Waals surface area contributed by atoms with Crippen LogP contribution in [-0.4, -0.2) is 38.8 Å². The lowest BCUT2D eigenvalue weighted by Gasteiger charge is -2.19. The first-order chi connectivity index (χ1) is 10.3. The maximum absolute atomic E-state index is 5.39. The lowest BCUT2D eigenvalue weighted by molar-refractivity contribution is 0.186. The van der Waals surface area contributed by atoms with E-state index in [-0.39, 0.29) is 0 Å². The van der Waals surface area contributed by atoms with Gasteiger partial charge in [-0.25, -0.2) is 0 Å². The van der Waals surface area contributed by atoms with Crippen LogP contribution < -0.4 is 10.6 Å². The Hall–Kier alpha value is -1.55. The lowest BCUT2D eigenvalue weighted by Crippen LogP contribution is -2.44. The summed E-state index contributed by atoms with van der Waals surface area (Å²) in [4.78, 5) is 4.30. The van der Waals surface area contributed by atoms with Gasteiger partial charge in [0.1, 0.15) is 0 Å². The monoisotopic (exact) mass is 289 g/mol. The van der Waals surface area contributed by atoms with Gasteiger partial charge in [0.05, 0.1) is 6.61 Å². The van der Waals surface area contributed by atoms with Crippen molar-refractivity contribution in [3.05, 3.63) is 35.9 Å². The zero-order valence-electron chi connectivity index (χ0n) is 13.1. The van der Waals surface area contributed by atoms with Gasteiger partial charge >= 0.3 is 0 Å². The van der Waals surface area contributed by atoms with E-state index in [4.69, 9.17) is 4.74 Å². The zero-order valence-corrected chi connectivity index (χ0v) is 13.1. The van der Waals surface area contributed by atoms with Crippen LogP contribution in [0, 0.1) is 5.92 Å². The maximum Gasteiger partial charge on any atom is 0.191 e. The molecule has 4 nitrogen and oxygen atoms in total. The highest BCUT2D eigenvalue weighted by Crippen LogP contribution is 2.10. The molecule has 1 heterocycles. The summed E-state index contributed by atoms with van der Waals surface area (Å²) in [5.74, 6) is 1.51. The van der Waals surface area contributed by atoms with Crippen LogP contribution in [0.4, 0.5) is 0 Å². The number of benzene rings is 1. The summed E-state index contributed by atoms with van der Waals surface area (Å²) in [5.41, 5.74) is 1.39. The Labute approximate surface area is 128 Å². The highest BCUT2D eigenvalue weighted by atomic mass is 16.5. The van der Waals surface area contributed by atoms with E-state index in [0.717, 1.165) is 45.0 Å². The molecule has 4 heteroatoms. The topological polar surface area (TPSA) is 45.7 Å². The van der Waals surface area contributed by atoms with Crippen molar-refractivity contribution in [2.24, 2.45) is 10.9 Å². The first-order valence-electron chi connectivity index (χ1n) is 7.86. The van der Waals surface area contributed by atoms with E-state index in [1.165, 1.54) is 5.56 Å². The van der Waals surface area contributed by atoms with E-state index >= 15 is 0 Å². The molecule has 116 valence electrons. The van der Waals surface area contributed by atoms with Crippen LogP contribution in [0.5, 0.6) is 0 Å². The molecule has 21 heavy (non-hydrogen) atoms. The van der Waals surface area contributed by atoms with Crippen molar-refractivity contribution in [3.8, 4) is 0 Å². The molecule has 1 fully saturated rings. The van der Waals surface area contributed by atoms with Gasteiger partial charge in [-0.3, -0.25) is 4.99 Å². The van der Waals surface area contributed by atoms with E-state index < -0.39 is 0 Å². The van der Waals surface area contributed by atoms with Gasteiger partial charge < -0.3 is 15.4 Å². The van der Waals surface area contributed by atoms with Crippen LogP contribution in [0.3, 0.4) is 0 Å². The smallest absolute Gasteiger partial charge is 0.191 e. The molecule has 2 atom stereocenters. The molecule has 0 spiro atoms. The second kappa shape index (κ2) is 8.67. The fourth-order valence-corrected chi connectivity index (χ4v) is 2.51. The van der Waals surface area contributed by atoms with E-state index in [0.29, 0.717) is 12.0 Å².